The van der Waals surface area contributed by atoms with E-state index in [0.717, 1.165) is 5.56 Å². The molecule has 1 saturated heterocycles. The van der Waals surface area contributed by atoms with Gasteiger partial charge in [0.25, 0.3) is 0 Å². The number of carbonyl (C=O) groups excluding carboxylic acids is 2. The fourth-order valence-corrected chi connectivity index (χ4v) is 3.71. The maximum absolute atomic E-state index is 13.3. The molecule has 1 aliphatic rings. The minimum absolute atomic E-state index is 0.0261. The van der Waals surface area contributed by atoms with Crippen molar-refractivity contribution in [2.45, 2.75) is 39.1 Å². The SMILES string of the molecule is CC(=O)OCc1cncc(OC(=O)N2CCC(Oc3ccc(OCc4cccc(F)c4)cc3)CC2)c1. The van der Waals surface area contributed by atoms with E-state index in [1.807, 2.05) is 30.3 Å². The number of hydrogen-bond acceptors (Lipinski definition) is 7. The number of piperidine rings is 1. The van der Waals surface area contributed by atoms with Gasteiger partial charge in [-0.1, -0.05) is 12.1 Å². The van der Waals surface area contributed by atoms with Crippen molar-refractivity contribution >= 4 is 12.1 Å². The number of likely N-dealkylation sites (tertiary alicyclic amines) is 1. The van der Waals surface area contributed by atoms with Crippen molar-refractivity contribution in [1.29, 1.82) is 0 Å². The maximum atomic E-state index is 13.3. The Balaban J connectivity index is 1.20. The van der Waals surface area contributed by atoms with Crippen LogP contribution in [0.4, 0.5) is 9.18 Å². The van der Waals surface area contributed by atoms with Crippen LogP contribution in [0.2, 0.25) is 0 Å². The molecule has 36 heavy (non-hydrogen) atoms. The Kier molecular flexibility index (Phi) is 8.33. The monoisotopic (exact) mass is 494 g/mol. The standard InChI is InChI=1S/C27H27FN2O6/c1-19(31)33-18-21-14-26(16-29-15-21)36-27(32)30-11-9-25(10-12-30)35-24-7-5-23(6-8-24)34-17-20-3-2-4-22(28)13-20/h2-8,13-16,25H,9-12,17-18H2,1H3. The van der Waals surface area contributed by atoms with Gasteiger partial charge in [0.05, 0.1) is 6.20 Å². The lowest BCUT2D eigenvalue weighted by molar-refractivity contribution is -0.142. The molecule has 0 saturated carbocycles. The minimum Gasteiger partial charge on any atom is -0.490 e. The number of esters is 1. The Morgan fingerprint density at radius 1 is 0.944 bits per heavy atom. The van der Waals surface area contributed by atoms with Gasteiger partial charge in [-0.2, -0.15) is 0 Å². The van der Waals surface area contributed by atoms with Crippen LogP contribution in [-0.4, -0.2) is 41.1 Å². The lowest BCUT2D eigenvalue weighted by Crippen LogP contribution is -2.43. The van der Waals surface area contributed by atoms with Crippen molar-refractivity contribution in [2.24, 2.45) is 0 Å². The number of nitrogens with zero attached hydrogens (tertiary/aromatic N) is 2. The quantitative estimate of drug-likeness (QED) is 0.412. The molecular formula is C27H27FN2O6. The summed E-state index contributed by atoms with van der Waals surface area (Å²) < 4.78 is 35.4. The molecule has 0 bridgehead atoms. The van der Waals surface area contributed by atoms with Crippen LogP contribution in [0.3, 0.4) is 0 Å². The first-order valence-electron chi connectivity index (χ1n) is 11.6. The highest BCUT2D eigenvalue weighted by molar-refractivity contribution is 5.70. The van der Waals surface area contributed by atoms with E-state index in [0.29, 0.717) is 48.7 Å². The number of amides is 1. The third-order valence-electron chi connectivity index (χ3n) is 5.54. The van der Waals surface area contributed by atoms with Gasteiger partial charge in [0, 0.05) is 44.6 Å². The van der Waals surface area contributed by atoms with Crippen molar-refractivity contribution in [3.05, 3.63) is 83.9 Å². The highest BCUT2D eigenvalue weighted by Gasteiger charge is 2.25. The minimum atomic E-state index is -0.459. The van der Waals surface area contributed by atoms with E-state index in [4.69, 9.17) is 18.9 Å². The molecule has 0 unspecified atom stereocenters. The molecule has 0 spiro atoms. The first-order chi connectivity index (χ1) is 17.4. The van der Waals surface area contributed by atoms with Crippen molar-refractivity contribution < 1.29 is 32.9 Å². The fraction of sp³-hybridized carbons (Fsp3) is 0.296. The average molecular weight is 495 g/mol. The molecule has 0 radical (unpaired) electrons. The third kappa shape index (κ3) is 7.43. The zero-order valence-electron chi connectivity index (χ0n) is 19.9. The Labute approximate surface area is 208 Å². The van der Waals surface area contributed by atoms with Gasteiger partial charge in [0.15, 0.2) is 5.75 Å². The summed E-state index contributed by atoms with van der Waals surface area (Å²) in [7, 11) is 0. The van der Waals surface area contributed by atoms with Crippen LogP contribution in [0.15, 0.2) is 67.0 Å². The lowest BCUT2D eigenvalue weighted by Gasteiger charge is -2.31. The molecule has 1 fully saturated rings. The summed E-state index contributed by atoms with van der Waals surface area (Å²) in [5.41, 5.74) is 1.39. The van der Waals surface area contributed by atoms with Crippen molar-refractivity contribution in [2.75, 3.05) is 13.1 Å². The number of halogens is 1. The fourth-order valence-electron chi connectivity index (χ4n) is 3.71. The number of pyridine rings is 1. The zero-order valence-corrected chi connectivity index (χ0v) is 19.9. The number of carbonyl (C=O) groups is 2. The van der Waals surface area contributed by atoms with Crippen LogP contribution in [0.1, 0.15) is 30.9 Å². The van der Waals surface area contributed by atoms with Crippen LogP contribution in [-0.2, 0) is 22.7 Å². The Hall–Kier alpha value is -4.14. The van der Waals surface area contributed by atoms with E-state index < -0.39 is 12.1 Å². The summed E-state index contributed by atoms with van der Waals surface area (Å²) in [4.78, 5) is 29.2. The number of ether oxygens (including phenoxy) is 4. The summed E-state index contributed by atoms with van der Waals surface area (Å²) in [6.07, 6.45) is 3.83. The third-order valence-corrected chi connectivity index (χ3v) is 5.54. The first kappa shape index (κ1) is 25.0. The molecule has 0 aliphatic carbocycles. The number of hydrogen-bond donors (Lipinski definition) is 0. The summed E-state index contributed by atoms with van der Waals surface area (Å²) in [6, 6.07) is 15.2. The van der Waals surface area contributed by atoms with E-state index in [1.54, 1.807) is 23.2 Å². The molecule has 9 heteroatoms. The Morgan fingerprint density at radius 3 is 2.42 bits per heavy atom. The van der Waals surface area contributed by atoms with Crippen LogP contribution < -0.4 is 14.2 Å². The lowest BCUT2D eigenvalue weighted by atomic mass is 10.1. The Bertz CT molecular complexity index is 1180. The topological polar surface area (TPSA) is 87.2 Å². The molecule has 1 aliphatic heterocycles. The summed E-state index contributed by atoms with van der Waals surface area (Å²) >= 11 is 0. The van der Waals surface area contributed by atoms with Gasteiger partial charge in [-0.3, -0.25) is 9.78 Å². The van der Waals surface area contributed by atoms with Gasteiger partial charge in [-0.05, 0) is 48.0 Å². The number of rotatable bonds is 8. The van der Waals surface area contributed by atoms with Crippen LogP contribution in [0.5, 0.6) is 17.2 Å². The highest BCUT2D eigenvalue weighted by Crippen LogP contribution is 2.23. The predicted octanol–water partition coefficient (Wildman–Crippen LogP) is 4.91. The average Bonchev–Trinajstić information content (AvgIpc) is 2.88. The predicted molar refractivity (Wildman–Crippen MR) is 128 cm³/mol. The van der Waals surface area contributed by atoms with E-state index in [1.165, 1.54) is 25.3 Å². The molecule has 0 N–H and O–H groups in total. The number of aromatic nitrogens is 1. The zero-order chi connectivity index (χ0) is 25.3. The van der Waals surface area contributed by atoms with Gasteiger partial charge >= 0.3 is 12.1 Å². The van der Waals surface area contributed by atoms with Crippen LogP contribution >= 0.6 is 0 Å². The van der Waals surface area contributed by atoms with E-state index in [-0.39, 0.29) is 25.1 Å². The second kappa shape index (κ2) is 12.0. The molecular weight excluding hydrogens is 467 g/mol. The van der Waals surface area contributed by atoms with Crippen LogP contribution in [0.25, 0.3) is 0 Å². The smallest absolute Gasteiger partial charge is 0.415 e. The molecule has 188 valence electrons. The van der Waals surface area contributed by atoms with Crippen molar-refractivity contribution in [3.63, 3.8) is 0 Å². The molecule has 1 aromatic heterocycles. The summed E-state index contributed by atoms with van der Waals surface area (Å²) in [5.74, 6) is 0.984. The van der Waals surface area contributed by atoms with Crippen LogP contribution in [0, 0.1) is 5.82 Å². The first-order valence-corrected chi connectivity index (χ1v) is 11.6. The molecule has 2 aromatic carbocycles. The molecule has 3 aromatic rings. The molecule has 0 atom stereocenters. The van der Waals surface area contributed by atoms with Gasteiger partial charge in [-0.25, -0.2) is 9.18 Å². The van der Waals surface area contributed by atoms with Gasteiger partial charge in [0.1, 0.15) is 36.6 Å². The van der Waals surface area contributed by atoms with Gasteiger partial charge in [-0.15, -0.1) is 0 Å². The second-order valence-electron chi connectivity index (χ2n) is 8.37. The summed E-state index contributed by atoms with van der Waals surface area (Å²) in [5, 5.41) is 0. The van der Waals surface area contributed by atoms with E-state index in [2.05, 4.69) is 4.98 Å². The van der Waals surface area contributed by atoms with Crippen molar-refractivity contribution in [3.8, 4) is 17.2 Å². The molecule has 4 rings (SSSR count). The Morgan fingerprint density at radius 2 is 1.69 bits per heavy atom. The van der Waals surface area contributed by atoms with Crippen molar-refractivity contribution in [1.82, 2.24) is 9.88 Å². The summed E-state index contributed by atoms with van der Waals surface area (Å²) in [6.45, 7) is 2.67. The largest absolute Gasteiger partial charge is 0.490 e. The molecule has 2 heterocycles. The van der Waals surface area contributed by atoms with Gasteiger partial charge in [0.2, 0.25) is 0 Å². The van der Waals surface area contributed by atoms with Gasteiger partial charge < -0.3 is 23.8 Å². The van der Waals surface area contributed by atoms with E-state index >= 15 is 0 Å². The molecule has 1 amide bonds. The maximum Gasteiger partial charge on any atom is 0.415 e. The highest BCUT2D eigenvalue weighted by atomic mass is 19.1. The normalized spacial score (nSPS) is 13.7. The molecule has 8 nitrogen and oxygen atoms in total. The van der Waals surface area contributed by atoms with E-state index in [9.17, 15) is 14.0 Å². The number of benzene rings is 2. The second-order valence-corrected chi connectivity index (χ2v) is 8.37.